The van der Waals surface area contributed by atoms with Gasteiger partial charge in [-0.25, -0.2) is 0 Å². The van der Waals surface area contributed by atoms with E-state index in [9.17, 15) is 4.79 Å². The molecular weight excluding hydrogens is 248 g/mol. The average Bonchev–Trinajstić information content (AvgIpc) is 2.49. The summed E-state index contributed by atoms with van der Waals surface area (Å²) < 4.78 is 0. The standard InChI is InChI=1S/C17H26N2O/c1-4-16(17(20)19-11-9-18-10-12-19)15-7-5-14(6-8-15)13(2)3/h5-8,13,16,18H,4,9-12H2,1-3H3. The monoisotopic (exact) mass is 274 g/mol. The number of piperazine rings is 1. The first-order chi connectivity index (χ1) is 9.63. The van der Waals surface area contributed by atoms with E-state index >= 15 is 0 Å². The Morgan fingerprint density at radius 1 is 1.15 bits per heavy atom. The van der Waals surface area contributed by atoms with E-state index < -0.39 is 0 Å². The second-order valence-electron chi connectivity index (χ2n) is 5.86. The summed E-state index contributed by atoms with van der Waals surface area (Å²) in [6.07, 6.45) is 0.865. The average molecular weight is 274 g/mol. The first kappa shape index (κ1) is 15.0. The largest absolute Gasteiger partial charge is 0.340 e. The highest BCUT2D eigenvalue weighted by atomic mass is 16.2. The molecule has 0 radical (unpaired) electrons. The predicted octanol–water partition coefficient (Wildman–Crippen LogP) is 2.74. The fraction of sp³-hybridized carbons (Fsp3) is 0.588. The zero-order chi connectivity index (χ0) is 14.5. The summed E-state index contributed by atoms with van der Waals surface area (Å²) >= 11 is 0. The van der Waals surface area contributed by atoms with Crippen molar-refractivity contribution in [3.63, 3.8) is 0 Å². The van der Waals surface area contributed by atoms with E-state index in [1.54, 1.807) is 0 Å². The quantitative estimate of drug-likeness (QED) is 0.915. The van der Waals surface area contributed by atoms with Gasteiger partial charge in [0.15, 0.2) is 0 Å². The maximum atomic E-state index is 12.6. The third-order valence-corrected chi connectivity index (χ3v) is 4.14. The van der Waals surface area contributed by atoms with Gasteiger partial charge in [0.1, 0.15) is 0 Å². The van der Waals surface area contributed by atoms with Crippen molar-refractivity contribution < 1.29 is 4.79 Å². The lowest BCUT2D eigenvalue weighted by Gasteiger charge is -2.31. The maximum absolute atomic E-state index is 12.6. The second kappa shape index (κ2) is 6.89. The summed E-state index contributed by atoms with van der Waals surface area (Å²) in [6, 6.07) is 8.58. The van der Waals surface area contributed by atoms with Crippen LogP contribution < -0.4 is 5.32 Å². The Morgan fingerprint density at radius 2 is 1.70 bits per heavy atom. The van der Waals surface area contributed by atoms with Gasteiger partial charge < -0.3 is 10.2 Å². The summed E-state index contributed by atoms with van der Waals surface area (Å²) in [7, 11) is 0. The van der Waals surface area contributed by atoms with Crippen LogP contribution in [-0.2, 0) is 4.79 Å². The molecule has 3 nitrogen and oxygen atoms in total. The lowest BCUT2D eigenvalue weighted by molar-refractivity contribution is -0.133. The molecule has 1 N–H and O–H groups in total. The van der Waals surface area contributed by atoms with Gasteiger partial charge in [-0.3, -0.25) is 4.79 Å². The summed E-state index contributed by atoms with van der Waals surface area (Å²) in [6.45, 7) is 9.97. The highest BCUT2D eigenvalue weighted by Crippen LogP contribution is 2.24. The number of rotatable bonds is 4. The first-order valence-corrected chi connectivity index (χ1v) is 7.72. The number of carbonyl (C=O) groups is 1. The van der Waals surface area contributed by atoms with E-state index in [0.717, 1.165) is 38.2 Å². The number of nitrogens with one attached hydrogen (secondary N) is 1. The molecule has 0 spiro atoms. The van der Waals surface area contributed by atoms with Crippen LogP contribution in [0.1, 0.15) is 50.2 Å². The van der Waals surface area contributed by atoms with Gasteiger partial charge in [0.25, 0.3) is 0 Å². The molecule has 2 rings (SSSR count). The number of benzene rings is 1. The molecule has 1 aliphatic heterocycles. The van der Waals surface area contributed by atoms with Gasteiger partial charge in [-0.05, 0) is 23.5 Å². The van der Waals surface area contributed by atoms with Crippen LogP contribution in [-0.4, -0.2) is 37.0 Å². The van der Waals surface area contributed by atoms with Crippen LogP contribution in [0.3, 0.4) is 0 Å². The molecule has 0 aromatic heterocycles. The van der Waals surface area contributed by atoms with E-state index in [1.807, 2.05) is 4.90 Å². The molecule has 1 atom stereocenters. The zero-order valence-corrected chi connectivity index (χ0v) is 12.9. The molecule has 3 heteroatoms. The molecule has 0 bridgehead atoms. The number of nitrogens with zero attached hydrogens (tertiary/aromatic N) is 1. The predicted molar refractivity (Wildman–Crippen MR) is 83.0 cm³/mol. The van der Waals surface area contributed by atoms with Gasteiger partial charge in [-0.15, -0.1) is 0 Å². The van der Waals surface area contributed by atoms with Crippen molar-refractivity contribution in [2.75, 3.05) is 26.2 Å². The SMILES string of the molecule is CCC(C(=O)N1CCNCC1)c1ccc(C(C)C)cc1. The van der Waals surface area contributed by atoms with Gasteiger partial charge in [-0.1, -0.05) is 45.0 Å². The summed E-state index contributed by atoms with van der Waals surface area (Å²) in [4.78, 5) is 14.6. The molecule has 1 unspecified atom stereocenters. The molecule has 110 valence electrons. The van der Waals surface area contributed by atoms with Gasteiger partial charge in [0, 0.05) is 26.2 Å². The molecule has 1 saturated heterocycles. The first-order valence-electron chi connectivity index (χ1n) is 7.72. The van der Waals surface area contributed by atoms with Crippen LogP contribution in [0.15, 0.2) is 24.3 Å². The molecule has 1 aliphatic rings. The molecular formula is C17H26N2O. The Balaban J connectivity index is 2.12. The van der Waals surface area contributed by atoms with Crippen LogP contribution in [0, 0.1) is 0 Å². The van der Waals surface area contributed by atoms with Crippen LogP contribution >= 0.6 is 0 Å². The van der Waals surface area contributed by atoms with Gasteiger partial charge in [-0.2, -0.15) is 0 Å². The minimum absolute atomic E-state index is 0.00862. The van der Waals surface area contributed by atoms with Crippen molar-refractivity contribution in [1.29, 1.82) is 0 Å². The lowest BCUT2D eigenvalue weighted by Crippen LogP contribution is -2.48. The van der Waals surface area contributed by atoms with Crippen molar-refractivity contribution in [1.82, 2.24) is 10.2 Å². The molecule has 1 aromatic carbocycles. The van der Waals surface area contributed by atoms with Gasteiger partial charge in [0.05, 0.1) is 5.92 Å². The lowest BCUT2D eigenvalue weighted by atomic mass is 9.92. The van der Waals surface area contributed by atoms with Crippen molar-refractivity contribution >= 4 is 5.91 Å². The van der Waals surface area contributed by atoms with Crippen molar-refractivity contribution in [3.05, 3.63) is 35.4 Å². The number of carbonyl (C=O) groups excluding carboxylic acids is 1. The normalized spacial score (nSPS) is 17.3. The van der Waals surface area contributed by atoms with Crippen molar-refractivity contribution in [2.45, 2.75) is 39.0 Å². The summed E-state index contributed by atoms with van der Waals surface area (Å²) in [5.74, 6) is 0.827. The summed E-state index contributed by atoms with van der Waals surface area (Å²) in [5.41, 5.74) is 2.48. The minimum Gasteiger partial charge on any atom is -0.340 e. The van der Waals surface area contributed by atoms with Gasteiger partial charge in [0.2, 0.25) is 5.91 Å². The molecule has 20 heavy (non-hydrogen) atoms. The smallest absolute Gasteiger partial charge is 0.230 e. The third-order valence-electron chi connectivity index (χ3n) is 4.14. The van der Waals surface area contributed by atoms with Crippen LogP contribution in [0.25, 0.3) is 0 Å². The Labute approximate surface area is 122 Å². The molecule has 1 heterocycles. The minimum atomic E-state index is 0.00862. The van der Waals surface area contributed by atoms with Crippen LogP contribution in [0.4, 0.5) is 0 Å². The van der Waals surface area contributed by atoms with E-state index in [4.69, 9.17) is 0 Å². The number of hydrogen-bond acceptors (Lipinski definition) is 2. The van der Waals surface area contributed by atoms with Crippen LogP contribution in [0.2, 0.25) is 0 Å². The Hall–Kier alpha value is -1.35. The molecule has 1 aromatic rings. The van der Waals surface area contributed by atoms with E-state index in [-0.39, 0.29) is 11.8 Å². The highest BCUT2D eigenvalue weighted by Gasteiger charge is 2.25. The Bertz CT molecular complexity index is 433. The maximum Gasteiger partial charge on any atom is 0.230 e. The van der Waals surface area contributed by atoms with Gasteiger partial charge >= 0.3 is 0 Å². The van der Waals surface area contributed by atoms with Crippen LogP contribution in [0.5, 0.6) is 0 Å². The van der Waals surface area contributed by atoms with E-state index in [2.05, 4.69) is 50.4 Å². The number of amides is 1. The number of hydrogen-bond donors (Lipinski definition) is 1. The highest BCUT2D eigenvalue weighted by molar-refractivity contribution is 5.83. The van der Waals surface area contributed by atoms with Crippen molar-refractivity contribution in [3.8, 4) is 0 Å². The fourth-order valence-corrected chi connectivity index (χ4v) is 2.77. The zero-order valence-electron chi connectivity index (χ0n) is 12.9. The van der Waals surface area contributed by atoms with E-state index in [0.29, 0.717) is 5.92 Å². The third kappa shape index (κ3) is 3.40. The second-order valence-corrected chi connectivity index (χ2v) is 5.86. The Morgan fingerprint density at radius 3 is 2.20 bits per heavy atom. The fourth-order valence-electron chi connectivity index (χ4n) is 2.77. The molecule has 1 amide bonds. The molecule has 1 fully saturated rings. The van der Waals surface area contributed by atoms with Crippen molar-refractivity contribution in [2.24, 2.45) is 0 Å². The summed E-state index contributed by atoms with van der Waals surface area (Å²) in [5, 5.41) is 3.29. The van der Waals surface area contributed by atoms with E-state index in [1.165, 1.54) is 5.56 Å². The topological polar surface area (TPSA) is 32.3 Å². The molecule has 0 saturated carbocycles. The Kier molecular flexibility index (Phi) is 5.18. The molecule has 0 aliphatic carbocycles.